The summed E-state index contributed by atoms with van der Waals surface area (Å²) in [6.07, 6.45) is 3.77. The van der Waals surface area contributed by atoms with Gasteiger partial charge in [-0.15, -0.1) is 24.0 Å². The zero-order valence-electron chi connectivity index (χ0n) is 13.6. The first-order valence-electron chi connectivity index (χ1n) is 7.45. The Morgan fingerprint density at radius 1 is 1.19 bits per heavy atom. The summed E-state index contributed by atoms with van der Waals surface area (Å²) in [5, 5.41) is 6.90. The molecule has 0 aromatic heterocycles. The molecule has 0 heterocycles. The summed E-state index contributed by atoms with van der Waals surface area (Å²) in [5.74, 6) is 0.900. The van der Waals surface area contributed by atoms with Crippen LogP contribution in [0.25, 0.3) is 0 Å². The van der Waals surface area contributed by atoms with Crippen LogP contribution in [0.2, 0.25) is 0 Å². The van der Waals surface area contributed by atoms with E-state index in [1.54, 1.807) is 0 Å². The van der Waals surface area contributed by atoms with E-state index in [-0.39, 0.29) is 29.5 Å². The molecule has 1 saturated carbocycles. The Bertz CT molecular complexity index is 459. The molecule has 0 radical (unpaired) electrons. The highest BCUT2D eigenvalue weighted by Gasteiger charge is 2.42. The van der Waals surface area contributed by atoms with Crippen LogP contribution in [0, 0.1) is 5.41 Å². The number of benzene rings is 1. The van der Waals surface area contributed by atoms with E-state index in [2.05, 4.69) is 66.7 Å². The van der Waals surface area contributed by atoms with Gasteiger partial charge in [-0.25, -0.2) is 0 Å². The molecule has 2 rings (SSSR count). The molecule has 0 amide bonds. The van der Waals surface area contributed by atoms with Crippen LogP contribution in [-0.2, 0) is 6.42 Å². The van der Waals surface area contributed by atoms with Crippen molar-refractivity contribution >= 4 is 29.9 Å². The Labute approximate surface area is 146 Å². The molecule has 3 nitrogen and oxygen atoms in total. The molecule has 2 N–H and O–H groups in total. The van der Waals surface area contributed by atoms with E-state index in [1.165, 1.54) is 18.4 Å². The number of aliphatic imine (C=N–C) groups is 1. The monoisotopic (exact) mass is 401 g/mol. The number of nitrogens with one attached hydrogen (secondary N) is 2. The number of hydrogen-bond donors (Lipinski definition) is 2. The number of rotatable bonds is 4. The number of hydrogen-bond acceptors (Lipinski definition) is 1. The third-order valence-corrected chi connectivity index (χ3v) is 3.73. The molecule has 21 heavy (non-hydrogen) atoms. The van der Waals surface area contributed by atoms with Crippen LogP contribution in [0.1, 0.15) is 39.2 Å². The van der Waals surface area contributed by atoms with Gasteiger partial charge in [0.05, 0.1) is 0 Å². The Hall–Kier alpha value is -0.780. The molecule has 0 saturated heterocycles. The fourth-order valence-corrected chi connectivity index (χ4v) is 2.43. The largest absolute Gasteiger partial charge is 0.356 e. The van der Waals surface area contributed by atoms with Crippen molar-refractivity contribution in [2.45, 2.75) is 45.6 Å². The van der Waals surface area contributed by atoms with Crippen molar-refractivity contribution in [3.05, 3.63) is 35.9 Å². The molecule has 0 aliphatic heterocycles. The third kappa shape index (κ3) is 6.24. The highest BCUT2D eigenvalue weighted by molar-refractivity contribution is 14.0. The molecular weight excluding hydrogens is 373 g/mol. The average Bonchev–Trinajstić information content (AvgIpc) is 3.14. The summed E-state index contributed by atoms with van der Waals surface area (Å²) >= 11 is 0. The van der Waals surface area contributed by atoms with E-state index < -0.39 is 0 Å². The zero-order chi connectivity index (χ0) is 14.6. The van der Waals surface area contributed by atoms with Crippen LogP contribution >= 0.6 is 24.0 Å². The Kier molecular flexibility index (Phi) is 6.50. The van der Waals surface area contributed by atoms with Gasteiger partial charge in [-0.05, 0) is 51.0 Å². The van der Waals surface area contributed by atoms with E-state index in [9.17, 15) is 0 Å². The minimum absolute atomic E-state index is 0. The lowest BCUT2D eigenvalue weighted by Gasteiger charge is -2.25. The normalized spacial score (nSPS) is 16.9. The van der Waals surface area contributed by atoms with Gasteiger partial charge in [0.25, 0.3) is 0 Å². The maximum absolute atomic E-state index is 4.31. The molecule has 0 spiro atoms. The molecule has 1 aliphatic carbocycles. The first kappa shape index (κ1) is 18.3. The smallest absolute Gasteiger partial charge is 0.191 e. The SMILES string of the molecule is CN=C(NCC1(Cc2ccccc2)CC1)NC(C)(C)C.I. The molecule has 0 bridgehead atoms. The summed E-state index contributed by atoms with van der Waals surface area (Å²) < 4.78 is 0. The number of guanidine groups is 1. The van der Waals surface area contributed by atoms with Crippen LogP contribution in [0.5, 0.6) is 0 Å². The van der Waals surface area contributed by atoms with Crippen molar-refractivity contribution in [3.63, 3.8) is 0 Å². The summed E-state index contributed by atoms with van der Waals surface area (Å²) in [5.41, 5.74) is 1.90. The molecule has 1 aromatic carbocycles. The van der Waals surface area contributed by atoms with Crippen molar-refractivity contribution in [1.29, 1.82) is 0 Å². The lowest BCUT2D eigenvalue weighted by molar-refractivity contribution is 0.468. The van der Waals surface area contributed by atoms with Gasteiger partial charge in [0.15, 0.2) is 5.96 Å². The van der Waals surface area contributed by atoms with Gasteiger partial charge in [0.2, 0.25) is 0 Å². The second-order valence-electron chi connectivity index (χ2n) is 6.96. The van der Waals surface area contributed by atoms with Gasteiger partial charge in [-0.3, -0.25) is 4.99 Å². The van der Waals surface area contributed by atoms with Crippen LogP contribution in [-0.4, -0.2) is 25.1 Å². The molecule has 118 valence electrons. The minimum atomic E-state index is 0. The molecule has 0 unspecified atom stereocenters. The lowest BCUT2D eigenvalue weighted by atomic mass is 9.96. The topological polar surface area (TPSA) is 36.4 Å². The molecule has 4 heteroatoms. The fraction of sp³-hybridized carbons (Fsp3) is 0.588. The minimum Gasteiger partial charge on any atom is -0.356 e. The van der Waals surface area contributed by atoms with Crippen LogP contribution < -0.4 is 10.6 Å². The quantitative estimate of drug-likeness (QED) is 0.460. The van der Waals surface area contributed by atoms with E-state index in [4.69, 9.17) is 0 Å². The lowest BCUT2D eigenvalue weighted by Crippen LogP contribution is -2.49. The van der Waals surface area contributed by atoms with Gasteiger partial charge in [-0.2, -0.15) is 0 Å². The summed E-state index contributed by atoms with van der Waals surface area (Å²) in [6.45, 7) is 7.45. The standard InChI is InChI=1S/C17H27N3.HI/c1-16(2,3)20-15(18-4)19-13-17(10-11-17)12-14-8-6-5-7-9-14;/h5-9H,10-13H2,1-4H3,(H2,18,19,20);1H. The number of halogens is 1. The zero-order valence-corrected chi connectivity index (χ0v) is 15.9. The van der Waals surface area contributed by atoms with Crippen LogP contribution in [0.4, 0.5) is 0 Å². The predicted octanol–water partition coefficient (Wildman–Crippen LogP) is 3.59. The van der Waals surface area contributed by atoms with Gasteiger partial charge < -0.3 is 10.6 Å². The van der Waals surface area contributed by atoms with Crippen molar-refractivity contribution in [3.8, 4) is 0 Å². The van der Waals surface area contributed by atoms with Gasteiger partial charge in [0.1, 0.15) is 0 Å². The van der Waals surface area contributed by atoms with Crippen LogP contribution in [0.15, 0.2) is 35.3 Å². The molecule has 1 aromatic rings. The van der Waals surface area contributed by atoms with Crippen molar-refractivity contribution in [2.24, 2.45) is 10.4 Å². The third-order valence-electron chi connectivity index (χ3n) is 3.73. The second-order valence-corrected chi connectivity index (χ2v) is 6.96. The first-order valence-corrected chi connectivity index (χ1v) is 7.45. The van der Waals surface area contributed by atoms with Crippen molar-refractivity contribution in [2.75, 3.05) is 13.6 Å². The fourth-order valence-electron chi connectivity index (χ4n) is 2.43. The second kappa shape index (κ2) is 7.47. The Morgan fingerprint density at radius 3 is 2.29 bits per heavy atom. The summed E-state index contributed by atoms with van der Waals surface area (Å²) in [4.78, 5) is 4.31. The highest BCUT2D eigenvalue weighted by atomic mass is 127. The van der Waals surface area contributed by atoms with E-state index in [0.717, 1.165) is 18.9 Å². The van der Waals surface area contributed by atoms with E-state index in [1.807, 2.05) is 7.05 Å². The van der Waals surface area contributed by atoms with Crippen molar-refractivity contribution in [1.82, 2.24) is 10.6 Å². The predicted molar refractivity (Wildman–Crippen MR) is 101 cm³/mol. The molecule has 1 aliphatic rings. The Morgan fingerprint density at radius 2 is 1.81 bits per heavy atom. The molecular formula is C17H28IN3. The maximum Gasteiger partial charge on any atom is 0.191 e. The maximum atomic E-state index is 4.31. The average molecular weight is 401 g/mol. The van der Waals surface area contributed by atoms with E-state index >= 15 is 0 Å². The summed E-state index contributed by atoms with van der Waals surface area (Å²) in [6, 6.07) is 10.8. The van der Waals surface area contributed by atoms with Gasteiger partial charge >= 0.3 is 0 Å². The first-order chi connectivity index (χ1) is 9.42. The van der Waals surface area contributed by atoms with Crippen molar-refractivity contribution < 1.29 is 0 Å². The number of nitrogens with zero attached hydrogens (tertiary/aromatic N) is 1. The molecule has 1 fully saturated rings. The van der Waals surface area contributed by atoms with Gasteiger partial charge in [0, 0.05) is 19.1 Å². The molecule has 0 atom stereocenters. The van der Waals surface area contributed by atoms with Gasteiger partial charge in [-0.1, -0.05) is 30.3 Å². The highest BCUT2D eigenvalue weighted by Crippen LogP contribution is 2.47. The summed E-state index contributed by atoms with van der Waals surface area (Å²) in [7, 11) is 1.83. The Balaban J connectivity index is 0.00000220. The van der Waals surface area contributed by atoms with Crippen LogP contribution in [0.3, 0.4) is 0 Å². The van der Waals surface area contributed by atoms with E-state index in [0.29, 0.717) is 5.41 Å².